The first-order chi connectivity index (χ1) is 10.1. The number of benzene rings is 1. The van der Waals surface area contributed by atoms with Crippen molar-refractivity contribution in [3.8, 4) is 0 Å². The molecular formula is C14H10Br2N4O. The van der Waals surface area contributed by atoms with Gasteiger partial charge in [-0.25, -0.2) is 0 Å². The lowest BCUT2D eigenvalue weighted by molar-refractivity contribution is 0.0949. The maximum absolute atomic E-state index is 12.2. The van der Waals surface area contributed by atoms with Crippen LogP contribution in [0.1, 0.15) is 16.2 Å². The summed E-state index contributed by atoms with van der Waals surface area (Å²) < 4.78 is 3.53. The van der Waals surface area contributed by atoms with E-state index >= 15 is 0 Å². The summed E-state index contributed by atoms with van der Waals surface area (Å²) in [6, 6.07) is 11.1. The number of aromatic nitrogens is 3. The van der Waals surface area contributed by atoms with Crippen LogP contribution in [0.3, 0.4) is 0 Å². The van der Waals surface area contributed by atoms with E-state index in [1.165, 1.54) is 0 Å². The fraction of sp³-hybridized carbons (Fsp3) is 0.0714. The lowest BCUT2D eigenvalue weighted by Crippen LogP contribution is -2.24. The van der Waals surface area contributed by atoms with Gasteiger partial charge in [0, 0.05) is 20.7 Å². The molecule has 5 nitrogen and oxygen atoms in total. The molecule has 0 saturated heterocycles. The Morgan fingerprint density at radius 2 is 1.90 bits per heavy atom. The first-order valence-electron chi connectivity index (χ1n) is 6.16. The Morgan fingerprint density at radius 3 is 2.67 bits per heavy atom. The molecule has 0 unspecified atom stereocenters. The predicted molar refractivity (Wildman–Crippen MR) is 86.0 cm³/mol. The second-order valence-corrected chi connectivity index (χ2v) is 6.22. The molecule has 1 aromatic carbocycles. The molecule has 7 heteroatoms. The summed E-state index contributed by atoms with van der Waals surface area (Å²) in [6.45, 7) is 0.314. The Bertz CT molecular complexity index is 795. The molecule has 106 valence electrons. The van der Waals surface area contributed by atoms with Gasteiger partial charge in [0.05, 0.1) is 6.54 Å². The molecular weight excluding hydrogens is 400 g/mol. The van der Waals surface area contributed by atoms with Crippen molar-refractivity contribution in [1.82, 2.24) is 19.9 Å². The number of hydrogen-bond donors (Lipinski definition) is 1. The summed E-state index contributed by atoms with van der Waals surface area (Å²) in [5.41, 5.74) is 1.33. The van der Waals surface area contributed by atoms with Crippen molar-refractivity contribution in [3.05, 3.63) is 62.9 Å². The molecule has 3 rings (SSSR count). The highest BCUT2D eigenvalue weighted by molar-refractivity contribution is 9.11. The van der Waals surface area contributed by atoms with Gasteiger partial charge in [-0.3, -0.25) is 9.20 Å². The monoisotopic (exact) mass is 408 g/mol. The van der Waals surface area contributed by atoms with E-state index in [0.29, 0.717) is 17.9 Å². The summed E-state index contributed by atoms with van der Waals surface area (Å²) >= 11 is 6.73. The largest absolute Gasteiger partial charge is 0.345 e. The third-order valence-corrected chi connectivity index (χ3v) is 3.83. The molecule has 0 bridgehead atoms. The Morgan fingerprint density at radius 1 is 1.14 bits per heavy atom. The van der Waals surface area contributed by atoms with Crippen molar-refractivity contribution in [1.29, 1.82) is 0 Å². The Hall–Kier alpha value is -1.73. The molecule has 2 heterocycles. The van der Waals surface area contributed by atoms with Gasteiger partial charge >= 0.3 is 0 Å². The molecule has 0 atom stereocenters. The number of carbonyl (C=O) groups excluding carboxylic acids is 1. The normalized spacial score (nSPS) is 10.8. The number of hydrogen-bond acceptors (Lipinski definition) is 3. The maximum atomic E-state index is 12.2. The molecule has 21 heavy (non-hydrogen) atoms. The zero-order valence-corrected chi connectivity index (χ0v) is 13.9. The van der Waals surface area contributed by atoms with Crippen molar-refractivity contribution in [2.75, 3.05) is 0 Å². The summed E-state index contributed by atoms with van der Waals surface area (Å²) in [5, 5.41) is 11.0. The Balaban J connectivity index is 1.76. The number of pyridine rings is 1. The van der Waals surface area contributed by atoms with Crippen molar-refractivity contribution in [2.45, 2.75) is 6.54 Å². The lowest BCUT2D eigenvalue weighted by Gasteiger charge is -2.05. The zero-order valence-electron chi connectivity index (χ0n) is 10.8. The topological polar surface area (TPSA) is 59.3 Å². The van der Waals surface area contributed by atoms with Crippen molar-refractivity contribution in [3.63, 3.8) is 0 Å². The van der Waals surface area contributed by atoms with Crippen LogP contribution in [-0.4, -0.2) is 20.5 Å². The van der Waals surface area contributed by atoms with Gasteiger partial charge in [0.25, 0.3) is 5.91 Å². The molecule has 0 saturated carbocycles. The highest BCUT2D eigenvalue weighted by Crippen LogP contribution is 2.20. The molecule has 0 radical (unpaired) electrons. The van der Waals surface area contributed by atoms with E-state index in [1.54, 1.807) is 12.1 Å². The minimum atomic E-state index is -0.162. The number of amides is 1. The maximum Gasteiger partial charge on any atom is 0.251 e. The summed E-state index contributed by atoms with van der Waals surface area (Å²) in [7, 11) is 0. The number of nitrogens with zero attached hydrogens (tertiary/aromatic N) is 3. The molecule has 0 aliphatic rings. The van der Waals surface area contributed by atoms with Gasteiger partial charge in [-0.2, -0.15) is 0 Å². The Labute approximate surface area is 137 Å². The fourth-order valence-electron chi connectivity index (χ4n) is 1.96. The van der Waals surface area contributed by atoms with Crippen molar-refractivity contribution >= 4 is 43.4 Å². The standard InChI is InChI=1S/C14H10Br2N4O/c15-10-5-9(6-11(16)7-10)14(21)17-8-13-19-18-12-3-1-2-4-20(12)13/h1-7H,8H2,(H,17,21). The van der Waals surface area contributed by atoms with Gasteiger partial charge in [0.15, 0.2) is 11.5 Å². The summed E-state index contributed by atoms with van der Waals surface area (Å²) in [4.78, 5) is 12.2. The molecule has 0 fully saturated rings. The lowest BCUT2D eigenvalue weighted by atomic mass is 10.2. The minimum Gasteiger partial charge on any atom is -0.345 e. The van der Waals surface area contributed by atoms with Crippen LogP contribution in [0.25, 0.3) is 5.65 Å². The van der Waals surface area contributed by atoms with Crippen LogP contribution in [-0.2, 0) is 6.54 Å². The molecule has 2 aromatic heterocycles. The fourth-order valence-corrected chi connectivity index (χ4v) is 3.25. The van der Waals surface area contributed by atoms with Gasteiger partial charge in [-0.1, -0.05) is 37.9 Å². The van der Waals surface area contributed by atoms with Crippen LogP contribution < -0.4 is 5.32 Å². The first-order valence-corrected chi connectivity index (χ1v) is 7.75. The third-order valence-electron chi connectivity index (χ3n) is 2.92. The summed E-state index contributed by atoms with van der Waals surface area (Å²) in [5.74, 6) is 0.526. The van der Waals surface area contributed by atoms with Crippen LogP contribution in [0.15, 0.2) is 51.5 Å². The van der Waals surface area contributed by atoms with Crippen LogP contribution in [0, 0.1) is 0 Å². The van der Waals surface area contributed by atoms with Crippen LogP contribution in [0.5, 0.6) is 0 Å². The molecule has 3 aromatic rings. The van der Waals surface area contributed by atoms with Gasteiger partial charge in [-0.05, 0) is 30.3 Å². The minimum absolute atomic E-state index is 0.162. The van der Waals surface area contributed by atoms with E-state index in [1.807, 2.05) is 34.9 Å². The average molecular weight is 410 g/mol. The van der Waals surface area contributed by atoms with E-state index < -0.39 is 0 Å². The van der Waals surface area contributed by atoms with E-state index in [9.17, 15) is 4.79 Å². The highest BCUT2D eigenvalue weighted by atomic mass is 79.9. The number of halogens is 2. The second-order valence-electron chi connectivity index (χ2n) is 4.39. The third kappa shape index (κ3) is 3.14. The van der Waals surface area contributed by atoms with Crippen LogP contribution in [0.2, 0.25) is 0 Å². The molecule has 1 N–H and O–H groups in total. The van der Waals surface area contributed by atoms with Crippen molar-refractivity contribution in [2.24, 2.45) is 0 Å². The molecule has 0 aliphatic heterocycles. The van der Waals surface area contributed by atoms with Gasteiger partial charge in [0.2, 0.25) is 0 Å². The molecule has 1 amide bonds. The summed E-state index contributed by atoms with van der Waals surface area (Å²) in [6.07, 6.45) is 1.87. The zero-order chi connectivity index (χ0) is 14.8. The number of rotatable bonds is 3. The second kappa shape index (κ2) is 5.95. The van der Waals surface area contributed by atoms with E-state index in [4.69, 9.17) is 0 Å². The van der Waals surface area contributed by atoms with Crippen LogP contribution in [0.4, 0.5) is 0 Å². The van der Waals surface area contributed by atoms with Gasteiger partial charge in [0.1, 0.15) is 0 Å². The first kappa shape index (κ1) is 14.2. The average Bonchev–Trinajstić information content (AvgIpc) is 2.87. The number of nitrogens with one attached hydrogen (secondary N) is 1. The van der Waals surface area contributed by atoms with E-state index in [0.717, 1.165) is 14.6 Å². The van der Waals surface area contributed by atoms with E-state index in [2.05, 4.69) is 47.4 Å². The quantitative estimate of drug-likeness (QED) is 0.722. The SMILES string of the molecule is O=C(NCc1nnc2ccccn12)c1cc(Br)cc(Br)c1. The van der Waals surface area contributed by atoms with Crippen molar-refractivity contribution < 1.29 is 4.79 Å². The number of fused-ring (bicyclic) bond motifs is 1. The smallest absolute Gasteiger partial charge is 0.251 e. The number of carbonyl (C=O) groups is 1. The van der Waals surface area contributed by atoms with E-state index in [-0.39, 0.29) is 5.91 Å². The van der Waals surface area contributed by atoms with Gasteiger partial charge < -0.3 is 5.32 Å². The molecule has 0 aliphatic carbocycles. The highest BCUT2D eigenvalue weighted by Gasteiger charge is 2.10. The van der Waals surface area contributed by atoms with Gasteiger partial charge in [-0.15, -0.1) is 10.2 Å². The Kier molecular flexibility index (Phi) is 4.03. The predicted octanol–water partition coefficient (Wildman–Crippen LogP) is 3.18. The molecule has 0 spiro atoms. The van der Waals surface area contributed by atoms with Crippen LogP contribution >= 0.6 is 31.9 Å².